The largest absolute Gasteiger partial charge is 0.384 e. The topological polar surface area (TPSA) is 17.1 Å². The molecule has 0 fully saturated rings. The first kappa shape index (κ1) is 11.0. The molecule has 0 aliphatic carbocycles. The summed E-state index contributed by atoms with van der Waals surface area (Å²) >= 11 is 4.40. The first-order valence-electron chi connectivity index (χ1n) is 3.38. The van der Waals surface area contributed by atoms with Gasteiger partial charge in [-0.1, -0.05) is 0 Å². The number of hydrogen-bond acceptors (Lipinski definition) is 1. The molecule has 76 valence electrons. The summed E-state index contributed by atoms with van der Waals surface area (Å²) < 4.78 is 49.5. The van der Waals surface area contributed by atoms with Gasteiger partial charge in [-0.3, -0.25) is 4.79 Å². The highest BCUT2D eigenvalue weighted by atomic mass is 35.5. The fourth-order valence-corrected chi connectivity index (χ4v) is 0.958. The number of rotatable bonds is 2. The zero-order valence-corrected chi connectivity index (χ0v) is 7.29. The zero-order valence-electron chi connectivity index (χ0n) is 6.53. The molecule has 1 rings (SSSR count). The van der Waals surface area contributed by atoms with Gasteiger partial charge in [-0.2, -0.15) is 8.78 Å². The van der Waals surface area contributed by atoms with Crippen LogP contribution in [0.1, 0.15) is 10.4 Å². The minimum absolute atomic E-state index is 0.461. The van der Waals surface area contributed by atoms with E-state index in [-0.39, 0.29) is 0 Å². The molecule has 0 saturated heterocycles. The second-order valence-corrected chi connectivity index (χ2v) is 2.96. The smallest absolute Gasteiger partial charge is 0.286 e. The number of carbonyl (C=O) groups is 1. The van der Waals surface area contributed by atoms with Crippen molar-refractivity contribution in [1.29, 1.82) is 0 Å². The van der Waals surface area contributed by atoms with Crippen molar-refractivity contribution in [2.45, 2.75) is 5.38 Å². The molecule has 1 nitrogen and oxygen atoms in total. The summed E-state index contributed by atoms with van der Waals surface area (Å²) in [7, 11) is 0. The SMILES string of the molecule is O=C(c1cc(F)cc(F)c1)C(F)(F)Cl. The van der Waals surface area contributed by atoms with Crippen LogP contribution in [0.3, 0.4) is 0 Å². The lowest BCUT2D eigenvalue weighted by molar-refractivity contribution is 0.0535. The van der Waals surface area contributed by atoms with Crippen LogP contribution in [0.15, 0.2) is 18.2 Å². The van der Waals surface area contributed by atoms with Crippen LogP contribution < -0.4 is 0 Å². The van der Waals surface area contributed by atoms with Gasteiger partial charge in [0.15, 0.2) is 0 Å². The fourth-order valence-electron chi connectivity index (χ4n) is 0.849. The molecule has 1 aromatic carbocycles. The molecule has 0 spiro atoms. The van der Waals surface area contributed by atoms with E-state index in [1.54, 1.807) is 0 Å². The molecule has 0 heterocycles. The van der Waals surface area contributed by atoms with E-state index in [1.165, 1.54) is 0 Å². The maximum absolute atomic E-state index is 12.5. The second-order valence-electron chi connectivity index (χ2n) is 2.49. The van der Waals surface area contributed by atoms with Crippen molar-refractivity contribution in [3.8, 4) is 0 Å². The molecule has 0 saturated carbocycles. The van der Waals surface area contributed by atoms with Gasteiger partial charge >= 0.3 is 5.38 Å². The van der Waals surface area contributed by atoms with E-state index in [9.17, 15) is 22.4 Å². The molecule has 0 aliphatic rings. The number of hydrogen-bond donors (Lipinski definition) is 0. The molecule has 0 N–H and O–H groups in total. The lowest BCUT2D eigenvalue weighted by atomic mass is 10.1. The Kier molecular flexibility index (Phi) is 2.80. The van der Waals surface area contributed by atoms with Gasteiger partial charge in [0.05, 0.1) is 0 Å². The lowest BCUT2D eigenvalue weighted by Crippen LogP contribution is -2.21. The minimum atomic E-state index is -4.15. The van der Waals surface area contributed by atoms with E-state index in [0.717, 1.165) is 0 Å². The van der Waals surface area contributed by atoms with Crippen LogP contribution in [0.5, 0.6) is 0 Å². The number of alkyl halides is 3. The van der Waals surface area contributed by atoms with Gasteiger partial charge < -0.3 is 0 Å². The molecular formula is C8H3ClF4O. The summed E-state index contributed by atoms with van der Waals surface area (Å²) in [6.45, 7) is 0. The van der Waals surface area contributed by atoms with Crippen LogP contribution in [0.25, 0.3) is 0 Å². The maximum atomic E-state index is 12.5. The summed E-state index contributed by atoms with van der Waals surface area (Å²) in [5.74, 6) is -4.07. The van der Waals surface area contributed by atoms with Crippen molar-refractivity contribution in [3.05, 3.63) is 35.4 Å². The Labute approximate surface area is 81.3 Å². The zero-order chi connectivity index (χ0) is 10.9. The first-order chi connectivity index (χ1) is 6.30. The molecule has 0 aromatic heterocycles. The molecule has 6 heteroatoms. The Morgan fingerprint density at radius 3 is 1.93 bits per heavy atom. The standard InChI is InChI=1S/C8H3ClF4O/c9-8(12,13)7(14)4-1-5(10)3-6(11)2-4/h1-3H. The van der Waals surface area contributed by atoms with Crippen molar-refractivity contribution in [2.75, 3.05) is 0 Å². The summed E-state index contributed by atoms with van der Waals surface area (Å²) in [6, 6.07) is 1.44. The Hall–Kier alpha value is -1.10. The predicted octanol–water partition coefficient (Wildman–Crippen LogP) is 2.98. The molecule has 0 radical (unpaired) electrons. The number of carbonyl (C=O) groups excluding carboxylic acids is 1. The van der Waals surface area contributed by atoms with E-state index in [4.69, 9.17) is 0 Å². The summed E-state index contributed by atoms with van der Waals surface area (Å²) in [5, 5.41) is -4.15. The van der Waals surface area contributed by atoms with E-state index in [0.29, 0.717) is 18.2 Å². The van der Waals surface area contributed by atoms with Gasteiger partial charge in [-0.15, -0.1) is 0 Å². The van der Waals surface area contributed by atoms with E-state index in [1.807, 2.05) is 0 Å². The van der Waals surface area contributed by atoms with Gasteiger partial charge in [-0.05, 0) is 23.7 Å². The molecular weight excluding hydrogens is 224 g/mol. The molecule has 0 atom stereocenters. The Morgan fingerprint density at radius 2 is 1.57 bits per heavy atom. The average molecular weight is 227 g/mol. The maximum Gasteiger partial charge on any atom is 0.384 e. The number of Topliss-reactive ketones (excluding diaryl/α,β-unsaturated/α-hetero) is 1. The third-order valence-electron chi connectivity index (χ3n) is 1.38. The van der Waals surface area contributed by atoms with Crippen LogP contribution in [0.4, 0.5) is 17.6 Å². The monoisotopic (exact) mass is 226 g/mol. The predicted molar refractivity (Wildman–Crippen MR) is 41.5 cm³/mol. The first-order valence-corrected chi connectivity index (χ1v) is 3.76. The van der Waals surface area contributed by atoms with Crippen molar-refractivity contribution < 1.29 is 22.4 Å². The van der Waals surface area contributed by atoms with Crippen LogP contribution >= 0.6 is 11.6 Å². The minimum Gasteiger partial charge on any atom is -0.286 e. The van der Waals surface area contributed by atoms with Gasteiger partial charge in [-0.25, -0.2) is 8.78 Å². The third kappa shape index (κ3) is 2.45. The normalized spacial score (nSPS) is 11.5. The number of halogens is 5. The average Bonchev–Trinajstić information content (AvgIpc) is 1.99. The highest BCUT2D eigenvalue weighted by molar-refractivity contribution is 6.35. The molecule has 14 heavy (non-hydrogen) atoms. The molecule has 1 aromatic rings. The molecule has 0 aliphatic heterocycles. The Balaban J connectivity index is 3.14. The van der Waals surface area contributed by atoms with Crippen LogP contribution in [-0.2, 0) is 0 Å². The Morgan fingerprint density at radius 1 is 1.14 bits per heavy atom. The summed E-state index contributed by atoms with van der Waals surface area (Å²) in [5.41, 5.74) is -0.803. The number of ketones is 1. The quantitative estimate of drug-likeness (QED) is 0.430. The van der Waals surface area contributed by atoms with Gasteiger partial charge in [0.25, 0.3) is 0 Å². The number of benzene rings is 1. The van der Waals surface area contributed by atoms with Crippen LogP contribution in [-0.4, -0.2) is 11.2 Å². The highest BCUT2D eigenvalue weighted by Crippen LogP contribution is 2.25. The van der Waals surface area contributed by atoms with Gasteiger partial charge in [0, 0.05) is 11.6 Å². The summed E-state index contributed by atoms with van der Waals surface area (Å²) in [6.07, 6.45) is 0. The lowest BCUT2D eigenvalue weighted by Gasteiger charge is -2.06. The highest BCUT2D eigenvalue weighted by Gasteiger charge is 2.36. The van der Waals surface area contributed by atoms with Gasteiger partial charge in [0.1, 0.15) is 11.6 Å². The van der Waals surface area contributed by atoms with Gasteiger partial charge in [0.2, 0.25) is 5.78 Å². The molecule has 0 unspecified atom stereocenters. The third-order valence-corrected chi connectivity index (χ3v) is 1.55. The van der Waals surface area contributed by atoms with Crippen molar-refractivity contribution >= 4 is 17.4 Å². The van der Waals surface area contributed by atoms with E-state index in [2.05, 4.69) is 11.6 Å². The second kappa shape index (κ2) is 3.57. The van der Waals surface area contributed by atoms with Crippen LogP contribution in [0, 0.1) is 11.6 Å². The fraction of sp³-hybridized carbons (Fsp3) is 0.125. The molecule has 0 bridgehead atoms. The van der Waals surface area contributed by atoms with Crippen molar-refractivity contribution in [2.24, 2.45) is 0 Å². The van der Waals surface area contributed by atoms with E-state index < -0.39 is 28.4 Å². The van der Waals surface area contributed by atoms with Crippen molar-refractivity contribution in [3.63, 3.8) is 0 Å². The molecule has 0 amide bonds. The Bertz CT molecular complexity index is 352. The summed E-state index contributed by atoms with van der Waals surface area (Å²) in [4.78, 5) is 10.8. The van der Waals surface area contributed by atoms with Crippen LogP contribution in [0.2, 0.25) is 0 Å². The van der Waals surface area contributed by atoms with E-state index >= 15 is 0 Å². The van der Waals surface area contributed by atoms with Crippen molar-refractivity contribution in [1.82, 2.24) is 0 Å².